The Kier molecular flexibility index (Phi) is 5.42. The van der Waals surface area contributed by atoms with Gasteiger partial charge in [0.15, 0.2) is 0 Å². The number of nitrogens with one attached hydrogen (secondary N) is 1. The van der Waals surface area contributed by atoms with Crippen molar-refractivity contribution in [1.29, 1.82) is 0 Å². The quantitative estimate of drug-likeness (QED) is 0.919. The Balaban J connectivity index is 1.46. The minimum atomic E-state index is -0.516. The second-order valence-electron chi connectivity index (χ2n) is 5.74. The molecule has 1 fully saturated rings. The molecule has 4 nitrogen and oxygen atoms in total. The third kappa shape index (κ3) is 4.30. The lowest BCUT2D eigenvalue weighted by Crippen LogP contribution is -2.51. The molecule has 1 aromatic heterocycles. The summed E-state index contributed by atoms with van der Waals surface area (Å²) in [6.07, 6.45) is 0. The number of nitrogens with zero attached hydrogens (tertiary/aromatic N) is 2. The van der Waals surface area contributed by atoms with Crippen molar-refractivity contribution in [1.82, 2.24) is 15.1 Å². The normalized spacial score (nSPS) is 15.5. The van der Waals surface area contributed by atoms with Crippen molar-refractivity contribution in [3.05, 3.63) is 57.8 Å². The summed E-state index contributed by atoms with van der Waals surface area (Å²) < 4.78 is 26.7. The van der Waals surface area contributed by atoms with Crippen LogP contribution in [0.1, 0.15) is 10.4 Å². The van der Waals surface area contributed by atoms with Crippen molar-refractivity contribution in [2.45, 2.75) is 13.1 Å². The van der Waals surface area contributed by atoms with Crippen molar-refractivity contribution >= 4 is 17.4 Å². The zero-order valence-corrected chi connectivity index (χ0v) is 14.0. The van der Waals surface area contributed by atoms with Crippen LogP contribution in [0, 0.1) is 11.6 Å². The number of hydrogen-bond acceptors (Lipinski definition) is 3. The molecule has 1 aliphatic heterocycles. The number of carbonyl (C=O) groups is 1. The van der Waals surface area contributed by atoms with E-state index in [1.54, 1.807) is 16.2 Å². The zero-order valence-electron chi connectivity index (χ0n) is 13.2. The minimum absolute atomic E-state index is 0.0160. The van der Waals surface area contributed by atoms with Gasteiger partial charge in [-0.15, -0.1) is 11.3 Å². The maximum absolute atomic E-state index is 13.6. The number of amides is 2. The summed E-state index contributed by atoms with van der Waals surface area (Å²) in [6, 6.07) is 7.14. The van der Waals surface area contributed by atoms with Gasteiger partial charge in [0, 0.05) is 49.7 Å². The van der Waals surface area contributed by atoms with E-state index in [1.807, 2.05) is 6.07 Å². The van der Waals surface area contributed by atoms with E-state index in [0.29, 0.717) is 13.1 Å². The van der Waals surface area contributed by atoms with Crippen molar-refractivity contribution in [3.63, 3.8) is 0 Å². The molecule has 2 amide bonds. The van der Waals surface area contributed by atoms with E-state index in [-0.39, 0.29) is 18.1 Å². The van der Waals surface area contributed by atoms with Crippen LogP contribution in [0.25, 0.3) is 0 Å². The highest BCUT2D eigenvalue weighted by Crippen LogP contribution is 2.14. The van der Waals surface area contributed by atoms with Gasteiger partial charge in [0.1, 0.15) is 11.6 Å². The summed E-state index contributed by atoms with van der Waals surface area (Å²) in [5.41, 5.74) is 0.152. The van der Waals surface area contributed by atoms with Gasteiger partial charge in [0.2, 0.25) is 0 Å². The Bertz CT molecular complexity index is 685. The average Bonchev–Trinajstić information content (AvgIpc) is 3.09. The van der Waals surface area contributed by atoms with Gasteiger partial charge in [0.05, 0.1) is 0 Å². The molecule has 1 saturated heterocycles. The summed E-state index contributed by atoms with van der Waals surface area (Å²) in [5, 5.41) is 4.72. The molecule has 0 radical (unpaired) electrons. The van der Waals surface area contributed by atoms with Crippen LogP contribution >= 0.6 is 11.3 Å². The van der Waals surface area contributed by atoms with E-state index in [9.17, 15) is 13.6 Å². The molecular formula is C17H19F2N3OS. The largest absolute Gasteiger partial charge is 0.334 e. The third-order valence-electron chi connectivity index (χ3n) is 4.06. The van der Waals surface area contributed by atoms with Crippen LogP contribution in [-0.2, 0) is 13.1 Å². The van der Waals surface area contributed by atoms with Crippen LogP contribution < -0.4 is 5.32 Å². The van der Waals surface area contributed by atoms with Crippen molar-refractivity contribution in [2.75, 3.05) is 26.2 Å². The maximum atomic E-state index is 13.6. The Hall–Kier alpha value is -1.99. The molecule has 128 valence electrons. The highest BCUT2D eigenvalue weighted by atomic mass is 32.1. The Labute approximate surface area is 143 Å². The highest BCUT2D eigenvalue weighted by Gasteiger charge is 2.21. The standard InChI is InChI=1S/C17H19F2N3OS/c18-14-3-4-16(19)13(10-14)11-20-17(23)22-7-5-21(6-8-22)12-15-2-1-9-24-15/h1-4,9-10H,5-8,11-12H2,(H,20,23). The molecule has 2 aromatic rings. The second-order valence-corrected chi connectivity index (χ2v) is 6.77. The van der Waals surface area contributed by atoms with Gasteiger partial charge in [0.25, 0.3) is 0 Å². The van der Waals surface area contributed by atoms with Crippen LogP contribution in [-0.4, -0.2) is 42.0 Å². The molecule has 1 aromatic carbocycles. The molecule has 7 heteroatoms. The molecular weight excluding hydrogens is 332 g/mol. The fourth-order valence-electron chi connectivity index (χ4n) is 2.69. The lowest BCUT2D eigenvalue weighted by Gasteiger charge is -2.34. The summed E-state index contributed by atoms with van der Waals surface area (Å²) in [6.45, 7) is 3.75. The van der Waals surface area contributed by atoms with Crippen LogP contribution in [0.2, 0.25) is 0 Å². The molecule has 0 aliphatic carbocycles. The second kappa shape index (κ2) is 7.72. The first kappa shape index (κ1) is 16.9. The molecule has 0 spiro atoms. The van der Waals surface area contributed by atoms with Crippen molar-refractivity contribution in [3.8, 4) is 0 Å². The van der Waals surface area contributed by atoms with E-state index in [4.69, 9.17) is 0 Å². The first-order valence-corrected chi connectivity index (χ1v) is 8.71. The van der Waals surface area contributed by atoms with E-state index < -0.39 is 11.6 Å². The van der Waals surface area contributed by atoms with Gasteiger partial charge in [-0.1, -0.05) is 6.07 Å². The van der Waals surface area contributed by atoms with Gasteiger partial charge in [-0.3, -0.25) is 4.90 Å². The van der Waals surface area contributed by atoms with Gasteiger partial charge in [-0.2, -0.15) is 0 Å². The van der Waals surface area contributed by atoms with Gasteiger partial charge < -0.3 is 10.2 Å². The van der Waals surface area contributed by atoms with Gasteiger partial charge in [-0.25, -0.2) is 13.6 Å². The molecule has 0 saturated carbocycles. The maximum Gasteiger partial charge on any atom is 0.317 e. The third-order valence-corrected chi connectivity index (χ3v) is 4.92. The lowest BCUT2D eigenvalue weighted by atomic mass is 10.2. The number of carbonyl (C=O) groups excluding carboxylic acids is 1. The van der Waals surface area contributed by atoms with Gasteiger partial charge >= 0.3 is 6.03 Å². The Morgan fingerprint density at radius 1 is 1.17 bits per heavy atom. The van der Waals surface area contributed by atoms with Crippen LogP contribution in [0.15, 0.2) is 35.7 Å². The number of halogens is 2. The predicted molar refractivity (Wildman–Crippen MR) is 89.8 cm³/mol. The van der Waals surface area contributed by atoms with E-state index >= 15 is 0 Å². The zero-order chi connectivity index (χ0) is 16.9. The van der Waals surface area contributed by atoms with Crippen molar-refractivity contribution in [2.24, 2.45) is 0 Å². The Morgan fingerprint density at radius 3 is 2.67 bits per heavy atom. The number of thiophene rings is 1. The molecule has 0 atom stereocenters. The highest BCUT2D eigenvalue weighted by molar-refractivity contribution is 7.09. The summed E-state index contributed by atoms with van der Waals surface area (Å²) in [7, 11) is 0. The number of benzene rings is 1. The Morgan fingerprint density at radius 2 is 1.96 bits per heavy atom. The molecule has 3 rings (SSSR count). The molecule has 0 bridgehead atoms. The fraction of sp³-hybridized carbons (Fsp3) is 0.353. The number of urea groups is 1. The first-order chi connectivity index (χ1) is 11.6. The molecule has 24 heavy (non-hydrogen) atoms. The number of hydrogen-bond donors (Lipinski definition) is 1. The van der Waals surface area contributed by atoms with Crippen LogP contribution in [0.5, 0.6) is 0 Å². The SMILES string of the molecule is O=C(NCc1cc(F)ccc1F)N1CCN(Cc2cccs2)CC1. The molecule has 0 unspecified atom stereocenters. The summed E-state index contributed by atoms with van der Waals surface area (Å²) >= 11 is 1.73. The average molecular weight is 351 g/mol. The van der Waals surface area contributed by atoms with Crippen LogP contribution in [0.3, 0.4) is 0 Å². The number of piperazine rings is 1. The summed E-state index contributed by atoms with van der Waals surface area (Å²) in [5.74, 6) is -1.03. The lowest BCUT2D eigenvalue weighted by molar-refractivity contribution is 0.135. The fourth-order valence-corrected chi connectivity index (χ4v) is 3.44. The number of rotatable bonds is 4. The molecule has 2 heterocycles. The van der Waals surface area contributed by atoms with E-state index in [1.165, 1.54) is 4.88 Å². The predicted octanol–water partition coefficient (Wildman–Crippen LogP) is 3.05. The minimum Gasteiger partial charge on any atom is -0.334 e. The molecule has 1 N–H and O–H groups in total. The van der Waals surface area contributed by atoms with E-state index in [0.717, 1.165) is 37.8 Å². The monoisotopic (exact) mass is 351 g/mol. The topological polar surface area (TPSA) is 35.6 Å². The van der Waals surface area contributed by atoms with Gasteiger partial charge in [-0.05, 0) is 29.6 Å². The molecule has 1 aliphatic rings. The van der Waals surface area contributed by atoms with Crippen LogP contribution in [0.4, 0.5) is 13.6 Å². The van der Waals surface area contributed by atoms with E-state index in [2.05, 4.69) is 21.7 Å². The van der Waals surface area contributed by atoms with Crippen molar-refractivity contribution < 1.29 is 13.6 Å². The summed E-state index contributed by atoms with van der Waals surface area (Å²) in [4.78, 5) is 17.5. The smallest absolute Gasteiger partial charge is 0.317 e. The first-order valence-electron chi connectivity index (χ1n) is 7.83.